The fraction of sp³-hybridized carbons (Fsp3) is 0.333. The van der Waals surface area contributed by atoms with Gasteiger partial charge in [-0.3, -0.25) is 4.79 Å². The largest absolute Gasteiger partial charge is 0.305 e. The summed E-state index contributed by atoms with van der Waals surface area (Å²) in [6, 6.07) is 10.3. The van der Waals surface area contributed by atoms with E-state index in [-0.39, 0.29) is 29.8 Å². The van der Waals surface area contributed by atoms with Crippen molar-refractivity contribution in [2.24, 2.45) is 10.9 Å². The summed E-state index contributed by atoms with van der Waals surface area (Å²) in [6.45, 7) is 4.93. The van der Waals surface area contributed by atoms with Crippen LogP contribution in [0.5, 0.6) is 0 Å². The Morgan fingerprint density at radius 1 is 1.21 bits per heavy atom. The van der Waals surface area contributed by atoms with E-state index in [0.29, 0.717) is 29.2 Å². The summed E-state index contributed by atoms with van der Waals surface area (Å²) >= 11 is 7.33. The van der Waals surface area contributed by atoms with Gasteiger partial charge in [0.1, 0.15) is 0 Å². The molecule has 1 amide bonds. The van der Waals surface area contributed by atoms with Crippen LogP contribution in [0.2, 0.25) is 5.02 Å². The summed E-state index contributed by atoms with van der Waals surface area (Å²) in [5, 5.41) is 0.480. The zero-order chi connectivity index (χ0) is 23.8. The van der Waals surface area contributed by atoms with E-state index in [9.17, 15) is 13.2 Å². The predicted octanol–water partition coefficient (Wildman–Crippen LogP) is 4.13. The highest BCUT2D eigenvalue weighted by atomic mass is 35.5. The van der Waals surface area contributed by atoms with Crippen LogP contribution in [0.15, 0.2) is 46.3 Å². The van der Waals surface area contributed by atoms with Gasteiger partial charge in [-0.2, -0.15) is 9.30 Å². The van der Waals surface area contributed by atoms with Gasteiger partial charge in [-0.1, -0.05) is 34.9 Å². The fourth-order valence-electron chi connectivity index (χ4n) is 4.13. The van der Waals surface area contributed by atoms with Crippen molar-refractivity contribution in [3.05, 3.63) is 57.3 Å². The van der Waals surface area contributed by atoms with E-state index in [1.165, 1.54) is 27.8 Å². The highest BCUT2D eigenvalue weighted by Crippen LogP contribution is 2.26. The first-order chi connectivity index (χ1) is 15.7. The van der Waals surface area contributed by atoms with Crippen molar-refractivity contribution in [3.63, 3.8) is 0 Å². The first-order valence-electron chi connectivity index (χ1n) is 10.6. The first-order valence-corrected chi connectivity index (χ1v) is 13.2. The van der Waals surface area contributed by atoms with Crippen LogP contribution in [-0.4, -0.2) is 36.3 Å². The standard InChI is InChI=1S/C24H24ClN3O3S2/c1-4-11-28-21-15-16(2)14-17(3)22(21)32-24(28)26-23(29)18-9-12-27(13-10-18)33(30,31)20-7-5-19(25)6-8-20/h1,5-8,14-15,18H,9-13H2,2-3H3. The zero-order valence-corrected chi connectivity index (χ0v) is 20.8. The molecule has 1 saturated heterocycles. The summed E-state index contributed by atoms with van der Waals surface area (Å²) in [7, 11) is -3.62. The summed E-state index contributed by atoms with van der Waals surface area (Å²) < 4.78 is 30.2. The van der Waals surface area contributed by atoms with Gasteiger partial charge in [0.15, 0.2) is 4.80 Å². The number of terminal acetylenes is 1. The molecule has 0 spiro atoms. The lowest BCUT2D eigenvalue weighted by atomic mass is 9.98. The van der Waals surface area contributed by atoms with E-state index in [0.717, 1.165) is 21.3 Å². The summed E-state index contributed by atoms with van der Waals surface area (Å²) in [4.78, 5) is 18.2. The Labute approximate surface area is 202 Å². The predicted molar refractivity (Wildman–Crippen MR) is 132 cm³/mol. The average Bonchev–Trinajstić information content (AvgIpc) is 3.12. The second kappa shape index (κ2) is 9.43. The summed E-state index contributed by atoms with van der Waals surface area (Å²) in [6.07, 6.45) is 6.43. The molecule has 0 unspecified atom stereocenters. The van der Waals surface area contributed by atoms with Crippen LogP contribution >= 0.6 is 22.9 Å². The molecular formula is C24H24ClN3O3S2. The second-order valence-corrected chi connectivity index (χ2v) is 11.5. The molecule has 9 heteroatoms. The number of halogens is 1. The molecule has 4 rings (SSSR count). The Morgan fingerprint density at radius 3 is 2.52 bits per heavy atom. The maximum absolute atomic E-state index is 13.0. The molecule has 1 aliphatic heterocycles. The van der Waals surface area contributed by atoms with Crippen LogP contribution in [-0.2, 0) is 21.4 Å². The lowest BCUT2D eigenvalue weighted by Crippen LogP contribution is -2.40. The van der Waals surface area contributed by atoms with Gasteiger partial charge in [0.2, 0.25) is 10.0 Å². The van der Waals surface area contributed by atoms with Crippen molar-refractivity contribution in [1.29, 1.82) is 0 Å². The Morgan fingerprint density at radius 2 is 1.88 bits per heavy atom. The molecule has 172 valence electrons. The van der Waals surface area contributed by atoms with Crippen molar-refractivity contribution in [2.45, 2.75) is 38.1 Å². The molecule has 0 saturated carbocycles. The minimum Gasteiger partial charge on any atom is -0.305 e. The van der Waals surface area contributed by atoms with Crippen molar-refractivity contribution in [2.75, 3.05) is 13.1 Å². The van der Waals surface area contributed by atoms with Gasteiger partial charge in [-0.25, -0.2) is 8.42 Å². The number of piperidine rings is 1. The Bertz CT molecular complexity index is 1420. The van der Waals surface area contributed by atoms with Crippen molar-refractivity contribution in [1.82, 2.24) is 8.87 Å². The summed E-state index contributed by atoms with van der Waals surface area (Å²) in [5.74, 6) is 2.10. The SMILES string of the molecule is C#CCn1c(=NC(=O)C2CCN(S(=O)(=O)c3ccc(Cl)cc3)CC2)sc2c(C)cc(C)cc21. The molecule has 3 aromatic rings. The lowest BCUT2D eigenvalue weighted by Gasteiger charge is -2.29. The number of carbonyl (C=O) groups excluding carboxylic acids is 1. The number of nitrogens with zero attached hydrogens (tertiary/aromatic N) is 3. The molecule has 2 heterocycles. The van der Waals surface area contributed by atoms with E-state index in [2.05, 4.69) is 23.0 Å². The van der Waals surface area contributed by atoms with Crippen molar-refractivity contribution < 1.29 is 13.2 Å². The molecule has 1 fully saturated rings. The first kappa shape index (κ1) is 23.7. The minimum atomic E-state index is -3.62. The smallest absolute Gasteiger partial charge is 0.251 e. The minimum absolute atomic E-state index is 0.202. The topological polar surface area (TPSA) is 71.7 Å². The van der Waals surface area contributed by atoms with Gasteiger partial charge in [0.25, 0.3) is 5.91 Å². The lowest BCUT2D eigenvalue weighted by molar-refractivity contribution is -0.122. The van der Waals surface area contributed by atoms with E-state index in [1.807, 2.05) is 18.4 Å². The van der Waals surface area contributed by atoms with Gasteiger partial charge < -0.3 is 4.57 Å². The molecule has 0 bridgehead atoms. The van der Waals surface area contributed by atoms with E-state index in [4.69, 9.17) is 18.0 Å². The number of fused-ring (bicyclic) bond motifs is 1. The van der Waals surface area contributed by atoms with E-state index >= 15 is 0 Å². The molecule has 0 atom stereocenters. The van der Waals surface area contributed by atoms with Crippen LogP contribution < -0.4 is 4.80 Å². The fourth-order valence-corrected chi connectivity index (χ4v) is 6.81. The van der Waals surface area contributed by atoms with Gasteiger partial charge in [-0.05, 0) is 68.1 Å². The average molecular weight is 502 g/mol. The van der Waals surface area contributed by atoms with Gasteiger partial charge >= 0.3 is 0 Å². The Hall–Kier alpha value is -2.44. The van der Waals surface area contributed by atoms with Crippen molar-refractivity contribution >= 4 is 49.1 Å². The number of aromatic nitrogens is 1. The monoisotopic (exact) mass is 501 g/mol. The number of hydrogen-bond donors (Lipinski definition) is 0. The van der Waals surface area contributed by atoms with E-state index < -0.39 is 10.0 Å². The van der Waals surface area contributed by atoms with Gasteiger partial charge in [-0.15, -0.1) is 6.42 Å². The molecule has 0 aliphatic carbocycles. The number of sulfonamides is 1. The van der Waals surface area contributed by atoms with Gasteiger partial charge in [0, 0.05) is 24.0 Å². The van der Waals surface area contributed by atoms with Crippen molar-refractivity contribution in [3.8, 4) is 12.3 Å². The molecule has 6 nitrogen and oxygen atoms in total. The number of hydrogen-bond acceptors (Lipinski definition) is 4. The Kier molecular flexibility index (Phi) is 6.78. The number of rotatable bonds is 4. The highest BCUT2D eigenvalue weighted by molar-refractivity contribution is 7.89. The van der Waals surface area contributed by atoms with Crippen LogP contribution in [0.4, 0.5) is 0 Å². The molecule has 0 N–H and O–H groups in total. The maximum atomic E-state index is 13.0. The molecular weight excluding hydrogens is 478 g/mol. The van der Waals surface area contributed by atoms with Gasteiger partial charge in [0.05, 0.1) is 21.7 Å². The van der Waals surface area contributed by atoms with E-state index in [1.54, 1.807) is 12.1 Å². The molecule has 0 radical (unpaired) electrons. The second-order valence-electron chi connectivity index (χ2n) is 8.19. The third kappa shape index (κ3) is 4.78. The maximum Gasteiger partial charge on any atom is 0.251 e. The summed E-state index contributed by atoms with van der Waals surface area (Å²) in [5.41, 5.74) is 3.22. The quantitative estimate of drug-likeness (QED) is 0.504. The van der Waals surface area contributed by atoms with Crippen LogP contribution in [0.3, 0.4) is 0 Å². The number of carbonyl (C=O) groups is 1. The number of aryl methyl sites for hydroxylation is 2. The molecule has 1 aliphatic rings. The zero-order valence-electron chi connectivity index (χ0n) is 18.4. The van der Waals surface area contributed by atoms with Crippen LogP contribution in [0.1, 0.15) is 24.0 Å². The third-order valence-corrected chi connectivity index (χ3v) is 9.22. The highest BCUT2D eigenvalue weighted by Gasteiger charge is 2.32. The number of thiazole rings is 1. The number of benzene rings is 2. The molecule has 1 aromatic heterocycles. The number of amides is 1. The molecule has 2 aromatic carbocycles. The third-order valence-electron chi connectivity index (χ3n) is 5.82. The molecule has 33 heavy (non-hydrogen) atoms. The Balaban J connectivity index is 1.56. The normalized spacial score (nSPS) is 16.2. The van der Waals surface area contributed by atoms with Crippen LogP contribution in [0, 0.1) is 32.1 Å². The van der Waals surface area contributed by atoms with Crippen LogP contribution in [0.25, 0.3) is 10.2 Å².